The summed E-state index contributed by atoms with van der Waals surface area (Å²) in [6.07, 6.45) is 5.03. The molecule has 0 spiro atoms. The Morgan fingerprint density at radius 1 is 1.37 bits per heavy atom. The monoisotopic (exact) mass is 264 g/mol. The third-order valence-electron chi connectivity index (χ3n) is 3.70. The van der Waals surface area contributed by atoms with Gasteiger partial charge < -0.3 is 15.8 Å². The average molecular weight is 264 g/mol. The van der Waals surface area contributed by atoms with Crippen LogP contribution in [0.2, 0.25) is 0 Å². The van der Waals surface area contributed by atoms with Gasteiger partial charge in [0.2, 0.25) is 11.8 Å². The van der Waals surface area contributed by atoms with Crippen LogP contribution in [0, 0.1) is 12.8 Å². The minimum absolute atomic E-state index is 0.0269. The van der Waals surface area contributed by atoms with Crippen molar-refractivity contribution in [3.05, 3.63) is 11.9 Å². The molecule has 0 bridgehead atoms. The molecule has 2 rings (SSSR count). The van der Waals surface area contributed by atoms with Crippen molar-refractivity contribution in [2.24, 2.45) is 11.7 Å². The maximum absolute atomic E-state index is 11.1. The Morgan fingerprint density at radius 2 is 2.05 bits per heavy atom. The lowest BCUT2D eigenvalue weighted by Crippen LogP contribution is -2.32. The lowest BCUT2D eigenvalue weighted by molar-refractivity contribution is -0.122. The van der Waals surface area contributed by atoms with E-state index in [9.17, 15) is 4.79 Å². The van der Waals surface area contributed by atoms with Crippen LogP contribution in [-0.2, 0) is 4.79 Å². The van der Waals surface area contributed by atoms with E-state index < -0.39 is 0 Å². The number of rotatable bonds is 4. The highest BCUT2D eigenvalue weighted by molar-refractivity contribution is 5.76. The topological polar surface area (TPSA) is 90.1 Å². The summed E-state index contributed by atoms with van der Waals surface area (Å²) < 4.78 is 5.17. The Labute approximate surface area is 112 Å². The molecule has 0 atom stereocenters. The third kappa shape index (κ3) is 3.13. The Morgan fingerprint density at radius 3 is 2.63 bits per heavy atom. The van der Waals surface area contributed by atoms with E-state index in [0.717, 1.165) is 37.1 Å². The number of amides is 1. The fourth-order valence-electron chi connectivity index (χ4n) is 2.50. The van der Waals surface area contributed by atoms with E-state index >= 15 is 0 Å². The molecule has 0 aliphatic heterocycles. The van der Waals surface area contributed by atoms with Gasteiger partial charge in [-0.15, -0.1) is 0 Å². The predicted molar refractivity (Wildman–Crippen MR) is 71.9 cm³/mol. The number of ether oxygens (including phenoxy) is 1. The molecule has 1 heterocycles. The van der Waals surface area contributed by atoms with Gasteiger partial charge in [0.15, 0.2) is 0 Å². The van der Waals surface area contributed by atoms with Gasteiger partial charge in [0.1, 0.15) is 12.1 Å². The van der Waals surface area contributed by atoms with E-state index in [1.54, 1.807) is 7.11 Å². The summed E-state index contributed by atoms with van der Waals surface area (Å²) in [5, 5.41) is 3.40. The number of anilines is 1. The quantitative estimate of drug-likeness (QED) is 0.854. The molecule has 6 nitrogen and oxygen atoms in total. The molecule has 19 heavy (non-hydrogen) atoms. The van der Waals surface area contributed by atoms with Gasteiger partial charge >= 0.3 is 0 Å². The van der Waals surface area contributed by atoms with Gasteiger partial charge in [-0.3, -0.25) is 4.79 Å². The summed E-state index contributed by atoms with van der Waals surface area (Å²) in [5.74, 6) is 1.23. The molecule has 1 aliphatic carbocycles. The summed E-state index contributed by atoms with van der Waals surface area (Å²) >= 11 is 0. The van der Waals surface area contributed by atoms with Crippen molar-refractivity contribution in [2.45, 2.75) is 38.6 Å². The van der Waals surface area contributed by atoms with E-state index in [4.69, 9.17) is 10.5 Å². The molecule has 0 saturated heterocycles. The number of primary amides is 1. The second-order valence-corrected chi connectivity index (χ2v) is 4.95. The maximum Gasteiger partial charge on any atom is 0.221 e. The minimum atomic E-state index is -0.182. The molecule has 1 amide bonds. The van der Waals surface area contributed by atoms with Crippen LogP contribution in [0.15, 0.2) is 6.33 Å². The standard InChI is InChI=1S/C13H20N4O2/c1-8-12(15-7-16-13(8)19-2)17-10-5-3-9(4-6-10)11(14)18/h7,9-10H,3-6H2,1-2H3,(H2,14,18)(H,15,16,17). The van der Waals surface area contributed by atoms with E-state index in [0.29, 0.717) is 11.9 Å². The lowest BCUT2D eigenvalue weighted by atomic mass is 9.85. The summed E-state index contributed by atoms with van der Waals surface area (Å²) in [5.41, 5.74) is 6.24. The van der Waals surface area contributed by atoms with Crippen LogP contribution in [0.5, 0.6) is 5.88 Å². The van der Waals surface area contributed by atoms with Crippen molar-refractivity contribution in [3.8, 4) is 5.88 Å². The van der Waals surface area contributed by atoms with Crippen LogP contribution in [0.1, 0.15) is 31.2 Å². The zero-order chi connectivity index (χ0) is 13.8. The first-order chi connectivity index (χ1) is 9.11. The predicted octanol–water partition coefficient (Wildman–Crippen LogP) is 1.25. The largest absolute Gasteiger partial charge is 0.481 e. The average Bonchev–Trinajstić information content (AvgIpc) is 2.42. The third-order valence-corrected chi connectivity index (χ3v) is 3.70. The molecule has 1 aromatic heterocycles. The van der Waals surface area contributed by atoms with Crippen molar-refractivity contribution < 1.29 is 9.53 Å². The summed E-state index contributed by atoms with van der Waals surface area (Å²) in [7, 11) is 1.59. The number of aromatic nitrogens is 2. The highest BCUT2D eigenvalue weighted by Gasteiger charge is 2.25. The molecule has 0 unspecified atom stereocenters. The second kappa shape index (κ2) is 5.86. The Balaban J connectivity index is 1.98. The zero-order valence-electron chi connectivity index (χ0n) is 11.3. The molecule has 1 fully saturated rings. The van der Waals surface area contributed by atoms with E-state index in [1.165, 1.54) is 6.33 Å². The summed E-state index contributed by atoms with van der Waals surface area (Å²) in [6.45, 7) is 1.93. The smallest absolute Gasteiger partial charge is 0.221 e. The molecule has 0 radical (unpaired) electrons. The van der Waals surface area contributed by atoms with Crippen molar-refractivity contribution in [3.63, 3.8) is 0 Å². The van der Waals surface area contributed by atoms with Crippen molar-refractivity contribution in [1.82, 2.24) is 9.97 Å². The Bertz CT molecular complexity index is 456. The number of nitrogens with one attached hydrogen (secondary N) is 1. The molecular weight excluding hydrogens is 244 g/mol. The molecule has 1 aromatic rings. The first kappa shape index (κ1) is 13.6. The van der Waals surface area contributed by atoms with Gasteiger partial charge in [-0.05, 0) is 32.6 Å². The zero-order valence-corrected chi connectivity index (χ0v) is 11.3. The number of hydrogen-bond donors (Lipinski definition) is 2. The van der Waals surface area contributed by atoms with Crippen molar-refractivity contribution in [2.75, 3.05) is 12.4 Å². The number of nitrogens with zero attached hydrogens (tertiary/aromatic N) is 2. The molecule has 6 heteroatoms. The summed E-state index contributed by atoms with van der Waals surface area (Å²) in [4.78, 5) is 19.4. The molecular formula is C13H20N4O2. The van der Waals surface area contributed by atoms with Crippen LogP contribution < -0.4 is 15.8 Å². The minimum Gasteiger partial charge on any atom is -0.481 e. The molecule has 1 aliphatic rings. The van der Waals surface area contributed by atoms with Gasteiger partial charge in [-0.25, -0.2) is 9.97 Å². The van der Waals surface area contributed by atoms with Crippen LogP contribution in [0.3, 0.4) is 0 Å². The van der Waals surface area contributed by atoms with Crippen LogP contribution in [0.25, 0.3) is 0 Å². The fourth-order valence-corrected chi connectivity index (χ4v) is 2.50. The number of hydrogen-bond acceptors (Lipinski definition) is 5. The van der Waals surface area contributed by atoms with E-state index in [1.807, 2.05) is 6.92 Å². The van der Waals surface area contributed by atoms with E-state index in [-0.39, 0.29) is 11.8 Å². The van der Waals surface area contributed by atoms with Gasteiger partial charge in [0.05, 0.1) is 12.7 Å². The van der Waals surface area contributed by atoms with Gasteiger partial charge in [-0.1, -0.05) is 0 Å². The number of methoxy groups -OCH3 is 1. The van der Waals surface area contributed by atoms with Crippen molar-refractivity contribution in [1.29, 1.82) is 0 Å². The number of carbonyl (C=O) groups is 1. The molecule has 104 valence electrons. The first-order valence-corrected chi connectivity index (χ1v) is 6.53. The van der Waals surface area contributed by atoms with E-state index in [2.05, 4.69) is 15.3 Å². The second-order valence-electron chi connectivity index (χ2n) is 4.95. The number of nitrogens with two attached hydrogens (primary N) is 1. The Kier molecular flexibility index (Phi) is 4.19. The lowest BCUT2D eigenvalue weighted by Gasteiger charge is -2.28. The SMILES string of the molecule is COc1ncnc(NC2CCC(C(N)=O)CC2)c1C. The van der Waals surface area contributed by atoms with Gasteiger partial charge in [0, 0.05) is 12.0 Å². The molecule has 0 aromatic carbocycles. The van der Waals surface area contributed by atoms with Gasteiger partial charge in [0.25, 0.3) is 0 Å². The van der Waals surface area contributed by atoms with Gasteiger partial charge in [-0.2, -0.15) is 0 Å². The summed E-state index contributed by atoms with van der Waals surface area (Å²) in [6, 6.07) is 0.328. The maximum atomic E-state index is 11.1. The van der Waals surface area contributed by atoms with Crippen molar-refractivity contribution >= 4 is 11.7 Å². The highest BCUT2D eigenvalue weighted by Crippen LogP contribution is 2.28. The molecule has 1 saturated carbocycles. The normalized spacial score (nSPS) is 22.8. The molecule has 3 N–H and O–H groups in total. The van der Waals surface area contributed by atoms with Crippen LogP contribution in [0.4, 0.5) is 5.82 Å². The number of carbonyl (C=O) groups excluding carboxylic acids is 1. The van der Waals surface area contributed by atoms with Crippen LogP contribution >= 0.6 is 0 Å². The first-order valence-electron chi connectivity index (χ1n) is 6.53. The fraction of sp³-hybridized carbons (Fsp3) is 0.615. The van der Waals surface area contributed by atoms with Crippen LogP contribution in [-0.4, -0.2) is 29.0 Å². The Hall–Kier alpha value is -1.85. The highest BCUT2D eigenvalue weighted by atomic mass is 16.5.